The van der Waals surface area contributed by atoms with Gasteiger partial charge in [-0.05, 0) is 62.2 Å². The number of carbonyl (C=O) groups is 1. The van der Waals surface area contributed by atoms with Crippen LogP contribution in [0.3, 0.4) is 0 Å². The van der Waals surface area contributed by atoms with Crippen LogP contribution in [0.15, 0.2) is 57.7 Å². The number of ether oxygens (including phenoxy) is 2. The summed E-state index contributed by atoms with van der Waals surface area (Å²) in [5, 5.41) is 3.69. The zero-order valence-electron chi connectivity index (χ0n) is 16.9. The molecule has 1 aromatic heterocycles. The summed E-state index contributed by atoms with van der Waals surface area (Å²) in [7, 11) is 0. The van der Waals surface area contributed by atoms with Crippen LogP contribution in [-0.2, 0) is 11.2 Å². The Morgan fingerprint density at radius 3 is 2.48 bits per heavy atom. The number of amides is 1. The molecule has 3 aromatic rings. The molecule has 0 saturated heterocycles. The van der Waals surface area contributed by atoms with Crippen molar-refractivity contribution in [3.05, 3.63) is 64.5 Å². The Bertz CT molecular complexity index is 1040. The lowest BCUT2D eigenvalue weighted by Gasteiger charge is -2.15. The molecule has 1 unspecified atom stereocenters. The third kappa shape index (κ3) is 5.16. The molecule has 0 aliphatic heterocycles. The van der Waals surface area contributed by atoms with E-state index in [1.54, 1.807) is 43.3 Å². The molecule has 1 amide bonds. The number of hydrogen-bond acceptors (Lipinski definition) is 5. The van der Waals surface area contributed by atoms with Gasteiger partial charge in [0.1, 0.15) is 17.1 Å². The van der Waals surface area contributed by atoms with Crippen LogP contribution in [0.25, 0.3) is 11.0 Å². The van der Waals surface area contributed by atoms with Crippen molar-refractivity contribution in [1.29, 1.82) is 0 Å². The maximum absolute atomic E-state index is 12.4. The van der Waals surface area contributed by atoms with Crippen LogP contribution in [-0.4, -0.2) is 18.6 Å². The molecule has 0 saturated carbocycles. The van der Waals surface area contributed by atoms with Crippen molar-refractivity contribution >= 4 is 22.6 Å². The quantitative estimate of drug-likeness (QED) is 0.566. The zero-order chi connectivity index (χ0) is 20.8. The third-order valence-electron chi connectivity index (χ3n) is 4.44. The summed E-state index contributed by atoms with van der Waals surface area (Å²) in [4.78, 5) is 24.3. The van der Waals surface area contributed by atoms with Crippen molar-refractivity contribution in [2.24, 2.45) is 0 Å². The summed E-state index contributed by atoms with van der Waals surface area (Å²) in [6, 6.07) is 14.0. The first-order valence-corrected chi connectivity index (χ1v) is 9.77. The second kappa shape index (κ2) is 9.28. The predicted octanol–water partition coefficient (Wildman–Crippen LogP) is 4.55. The maximum Gasteiger partial charge on any atom is 0.336 e. The minimum Gasteiger partial charge on any atom is -0.494 e. The lowest BCUT2D eigenvalue weighted by atomic mass is 10.1. The Balaban J connectivity index is 1.70. The van der Waals surface area contributed by atoms with E-state index in [2.05, 4.69) is 12.2 Å². The number of hydrogen-bond donors (Lipinski definition) is 1. The Kier molecular flexibility index (Phi) is 6.54. The molecule has 6 nitrogen and oxygen atoms in total. The highest BCUT2D eigenvalue weighted by Gasteiger charge is 2.16. The molecule has 3 rings (SSSR count). The van der Waals surface area contributed by atoms with Gasteiger partial charge in [0, 0.05) is 23.2 Å². The van der Waals surface area contributed by atoms with Gasteiger partial charge in [-0.2, -0.15) is 0 Å². The fraction of sp³-hybridized carbons (Fsp3) is 0.304. The number of anilines is 1. The molecular formula is C23H25NO5. The Labute approximate surface area is 169 Å². The van der Waals surface area contributed by atoms with Crippen LogP contribution >= 0.6 is 0 Å². The number of benzene rings is 2. The molecule has 152 valence electrons. The van der Waals surface area contributed by atoms with Crippen LogP contribution in [0, 0.1) is 0 Å². The van der Waals surface area contributed by atoms with E-state index in [1.807, 2.05) is 13.0 Å². The summed E-state index contributed by atoms with van der Waals surface area (Å²) < 4.78 is 16.5. The fourth-order valence-electron chi connectivity index (χ4n) is 3.06. The maximum atomic E-state index is 12.4. The van der Waals surface area contributed by atoms with Crippen molar-refractivity contribution < 1.29 is 18.7 Å². The van der Waals surface area contributed by atoms with Gasteiger partial charge in [-0.25, -0.2) is 4.79 Å². The monoisotopic (exact) mass is 395 g/mol. The topological polar surface area (TPSA) is 77.8 Å². The van der Waals surface area contributed by atoms with E-state index in [0.717, 1.165) is 29.5 Å². The molecule has 0 aliphatic rings. The van der Waals surface area contributed by atoms with E-state index >= 15 is 0 Å². The van der Waals surface area contributed by atoms with Crippen LogP contribution in [0.4, 0.5) is 5.69 Å². The smallest absolute Gasteiger partial charge is 0.336 e. The van der Waals surface area contributed by atoms with Gasteiger partial charge in [-0.3, -0.25) is 4.79 Å². The van der Waals surface area contributed by atoms with E-state index in [4.69, 9.17) is 13.9 Å². The first kappa shape index (κ1) is 20.5. The average molecular weight is 395 g/mol. The number of nitrogens with one attached hydrogen (secondary N) is 1. The first-order chi connectivity index (χ1) is 14.0. The van der Waals surface area contributed by atoms with Crippen LogP contribution in [0.5, 0.6) is 11.5 Å². The molecule has 0 spiro atoms. The zero-order valence-corrected chi connectivity index (χ0v) is 16.9. The van der Waals surface area contributed by atoms with E-state index in [9.17, 15) is 9.59 Å². The number of rotatable bonds is 8. The summed E-state index contributed by atoms with van der Waals surface area (Å²) in [6.07, 6.45) is 0.993. The van der Waals surface area contributed by atoms with Crippen LogP contribution in [0.1, 0.15) is 32.8 Å². The molecule has 2 aromatic carbocycles. The minimum atomic E-state index is -0.732. The Hall–Kier alpha value is -3.28. The Morgan fingerprint density at radius 1 is 1.07 bits per heavy atom. The largest absolute Gasteiger partial charge is 0.494 e. The normalized spacial score (nSPS) is 11.8. The van der Waals surface area contributed by atoms with Gasteiger partial charge in [-0.15, -0.1) is 0 Å². The lowest BCUT2D eigenvalue weighted by molar-refractivity contribution is -0.122. The number of aryl methyl sites for hydroxylation is 1. The van der Waals surface area contributed by atoms with E-state index < -0.39 is 6.10 Å². The minimum absolute atomic E-state index is 0.282. The molecule has 1 N–H and O–H groups in total. The van der Waals surface area contributed by atoms with E-state index in [-0.39, 0.29) is 11.5 Å². The average Bonchev–Trinajstić information content (AvgIpc) is 2.69. The molecule has 0 radical (unpaired) electrons. The van der Waals surface area contributed by atoms with E-state index in [0.29, 0.717) is 23.6 Å². The van der Waals surface area contributed by atoms with E-state index in [1.165, 1.54) is 6.07 Å². The summed E-state index contributed by atoms with van der Waals surface area (Å²) >= 11 is 0. The molecule has 1 atom stereocenters. The van der Waals surface area contributed by atoms with Crippen LogP contribution < -0.4 is 20.4 Å². The van der Waals surface area contributed by atoms with Gasteiger partial charge in [-0.1, -0.05) is 13.3 Å². The van der Waals surface area contributed by atoms with Gasteiger partial charge >= 0.3 is 5.63 Å². The van der Waals surface area contributed by atoms with Crippen molar-refractivity contribution in [3.8, 4) is 11.5 Å². The lowest BCUT2D eigenvalue weighted by Crippen LogP contribution is -2.30. The molecular weight excluding hydrogens is 370 g/mol. The molecule has 0 fully saturated rings. The second-order valence-corrected chi connectivity index (χ2v) is 6.71. The van der Waals surface area contributed by atoms with Gasteiger partial charge in [0.15, 0.2) is 6.10 Å². The van der Waals surface area contributed by atoms with Gasteiger partial charge in [0.2, 0.25) is 0 Å². The molecule has 0 aliphatic carbocycles. The fourth-order valence-corrected chi connectivity index (χ4v) is 3.06. The van der Waals surface area contributed by atoms with Gasteiger partial charge in [0.05, 0.1) is 6.61 Å². The highest BCUT2D eigenvalue weighted by molar-refractivity contribution is 5.94. The molecule has 0 bridgehead atoms. The Morgan fingerprint density at radius 2 is 1.79 bits per heavy atom. The van der Waals surface area contributed by atoms with Crippen molar-refractivity contribution in [1.82, 2.24) is 0 Å². The highest BCUT2D eigenvalue weighted by Crippen LogP contribution is 2.24. The number of carbonyl (C=O) groups excluding carboxylic acids is 1. The first-order valence-electron chi connectivity index (χ1n) is 9.77. The number of fused-ring (bicyclic) bond motifs is 1. The summed E-state index contributed by atoms with van der Waals surface area (Å²) in [5.41, 5.74) is 1.67. The summed E-state index contributed by atoms with van der Waals surface area (Å²) in [5.74, 6) is 0.925. The van der Waals surface area contributed by atoms with Crippen molar-refractivity contribution in [2.75, 3.05) is 11.9 Å². The third-order valence-corrected chi connectivity index (χ3v) is 4.44. The van der Waals surface area contributed by atoms with Gasteiger partial charge < -0.3 is 19.2 Å². The highest BCUT2D eigenvalue weighted by atomic mass is 16.5. The molecule has 29 heavy (non-hydrogen) atoms. The van der Waals surface area contributed by atoms with Crippen LogP contribution in [0.2, 0.25) is 0 Å². The van der Waals surface area contributed by atoms with Crippen molar-refractivity contribution in [3.63, 3.8) is 0 Å². The molecule has 1 heterocycles. The SMILES string of the molecule is CCCc1cc(=O)oc2cc(OC(C)C(=O)Nc3ccc(OCC)cc3)ccc12. The summed E-state index contributed by atoms with van der Waals surface area (Å²) in [6.45, 7) is 6.22. The van der Waals surface area contributed by atoms with Crippen molar-refractivity contribution in [2.45, 2.75) is 39.7 Å². The van der Waals surface area contributed by atoms with Gasteiger partial charge in [0.25, 0.3) is 5.91 Å². The second-order valence-electron chi connectivity index (χ2n) is 6.71. The predicted molar refractivity (Wildman–Crippen MR) is 113 cm³/mol. The molecule has 6 heteroatoms. The standard InChI is InChI=1S/C23H25NO5/c1-4-6-16-13-22(25)29-21-14-19(11-12-20(16)21)28-15(3)23(26)24-17-7-9-18(10-8-17)27-5-2/h7-15H,4-6H2,1-3H3,(H,24,26).